The molecule has 5 heteroatoms. The number of benzene rings is 1. The van der Waals surface area contributed by atoms with Gasteiger partial charge in [-0.1, -0.05) is 19.1 Å². The van der Waals surface area contributed by atoms with Gasteiger partial charge in [0.1, 0.15) is 11.5 Å². The van der Waals surface area contributed by atoms with Crippen molar-refractivity contribution in [1.82, 2.24) is 5.32 Å². The molecule has 0 spiro atoms. The number of carbonyl (C=O) groups excluding carboxylic acids is 1. The molecule has 0 aliphatic rings. The zero-order valence-electron chi connectivity index (χ0n) is 13.5. The summed E-state index contributed by atoms with van der Waals surface area (Å²) in [7, 11) is 0. The van der Waals surface area contributed by atoms with E-state index in [1.165, 1.54) is 0 Å². The van der Waals surface area contributed by atoms with Gasteiger partial charge in [-0.25, -0.2) is 4.79 Å². The van der Waals surface area contributed by atoms with Gasteiger partial charge in [0.05, 0.1) is 25.3 Å². The summed E-state index contributed by atoms with van der Waals surface area (Å²) in [4.78, 5) is 11.6. The molecule has 2 aromatic rings. The Morgan fingerprint density at radius 2 is 1.96 bits per heavy atom. The fourth-order valence-electron chi connectivity index (χ4n) is 2.20. The summed E-state index contributed by atoms with van der Waals surface area (Å²) in [6, 6.07) is 11.0. The Kier molecular flexibility index (Phi) is 6.38. The number of aliphatic hydroxyl groups is 1. The van der Waals surface area contributed by atoms with E-state index in [1.807, 2.05) is 31.2 Å². The summed E-state index contributed by atoms with van der Waals surface area (Å²) < 4.78 is 10.8. The average molecular weight is 317 g/mol. The van der Waals surface area contributed by atoms with Crippen molar-refractivity contribution >= 4 is 5.97 Å². The summed E-state index contributed by atoms with van der Waals surface area (Å²) in [5.41, 5.74) is 1.43. The van der Waals surface area contributed by atoms with Crippen molar-refractivity contribution in [2.75, 3.05) is 13.2 Å². The normalized spacial score (nSPS) is 12.1. The van der Waals surface area contributed by atoms with E-state index in [4.69, 9.17) is 14.3 Å². The number of nitrogens with one attached hydrogen (secondary N) is 1. The van der Waals surface area contributed by atoms with Crippen molar-refractivity contribution < 1.29 is 19.1 Å². The summed E-state index contributed by atoms with van der Waals surface area (Å²) in [5, 5.41) is 12.4. The number of aliphatic hydroxyl groups excluding tert-OH is 1. The minimum absolute atomic E-state index is 0.0763. The van der Waals surface area contributed by atoms with Crippen molar-refractivity contribution in [3.8, 4) is 11.3 Å². The molecule has 1 heterocycles. The summed E-state index contributed by atoms with van der Waals surface area (Å²) in [6.45, 7) is 4.85. The summed E-state index contributed by atoms with van der Waals surface area (Å²) >= 11 is 0. The Morgan fingerprint density at radius 1 is 1.22 bits per heavy atom. The highest BCUT2D eigenvalue weighted by Gasteiger charge is 2.10. The third kappa shape index (κ3) is 4.68. The number of hydrogen-bond acceptors (Lipinski definition) is 5. The van der Waals surface area contributed by atoms with Gasteiger partial charge in [-0.3, -0.25) is 0 Å². The first-order valence-electron chi connectivity index (χ1n) is 7.88. The van der Waals surface area contributed by atoms with E-state index < -0.39 is 0 Å². The summed E-state index contributed by atoms with van der Waals surface area (Å²) in [5.74, 6) is 1.23. The number of ether oxygens (including phenoxy) is 1. The van der Waals surface area contributed by atoms with Crippen LogP contribution in [0.3, 0.4) is 0 Å². The maximum Gasteiger partial charge on any atom is 0.338 e. The van der Waals surface area contributed by atoms with Gasteiger partial charge in [-0.05, 0) is 37.6 Å². The third-order valence-electron chi connectivity index (χ3n) is 3.62. The molecule has 0 aliphatic carbocycles. The smallest absolute Gasteiger partial charge is 0.338 e. The molecule has 0 fully saturated rings. The van der Waals surface area contributed by atoms with E-state index in [0.29, 0.717) is 18.7 Å². The second kappa shape index (κ2) is 8.50. The lowest BCUT2D eigenvalue weighted by atomic mass is 10.1. The predicted molar refractivity (Wildman–Crippen MR) is 88.1 cm³/mol. The van der Waals surface area contributed by atoms with E-state index in [0.717, 1.165) is 23.5 Å². The van der Waals surface area contributed by atoms with Crippen LogP contribution < -0.4 is 5.32 Å². The number of hydrogen-bond donors (Lipinski definition) is 2. The Hall–Kier alpha value is -2.11. The van der Waals surface area contributed by atoms with Gasteiger partial charge in [0.25, 0.3) is 0 Å². The second-order valence-electron chi connectivity index (χ2n) is 5.23. The fourth-order valence-corrected chi connectivity index (χ4v) is 2.20. The minimum Gasteiger partial charge on any atom is -0.462 e. The zero-order chi connectivity index (χ0) is 16.7. The fraction of sp³-hybridized carbons (Fsp3) is 0.389. The van der Waals surface area contributed by atoms with Crippen molar-refractivity contribution in [2.24, 2.45) is 0 Å². The second-order valence-corrected chi connectivity index (χ2v) is 5.23. The van der Waals surface area contributed by atoms with E-state index in [1.54, 1.807) is 19.1 Å². The van der Waals surface area contributed by atoms with Crippen LogP contribution >= 0.6 is 0 Å². The van der Waals surface area contributed by atoms with Gasteiger partial charge in [0, 0.05) is 11.6 Å². The monoisotopic (exact) mass is 317 g/mol. The zero-order valence-corrected chi connectivity index (χ0v) is 13.5. The van der Waals surface area contributed by atoms with Gasteiger partial charge in [0.15, 0.2) is 0 Å². The lowest BCUT2D eigenvalue weighted by Crippen LogP contribution is -2.30. The SMILES string of the molecule is CCOC(=O)c1ccc(-c2ccc(CN[C@H](CC)CO)o2)cc1. The van der Waals surface area contributed by atoms with Crippen LogP contribution in [0, 0.1) is 0 Å². The van der Waals surface area contributed by atoms with Crippen LogP contribution in [0.15, 0.2) is 40.8 Å². The molecule has 0 bridgehead atoms. The lowest BCUT2D eigenvalue weighted by Gasteiger charge is -2.12. The molecule has 2 N–H and O–H groups in total. The number of furan rings is 1. The largest absolute Gasteiger partial charge is 0.462 e. The van der Waals surface area contributed by atoms with Gasteiger partial charge in [0.2, 0.25) is 0 Å². The molecule has 5 nitrogen and oxygen atoms in total. The molecule has 124 valence electrons. The molecule has 0 radical (unpaired) electrons. The maximum atomic E-state index is 11.6. The number of rotatable bonds is 8. The van der Waals surface area contributed by atoms with Crippen molar-refractivity contribution in [3.63, 3.8) is 0 Å². The van der Waals surface area contributed by atoms with Gasteiger partial charge in [-0.2, -0.15) is 0 Å². The molecule has 0 unspecified atom stereocenters. The number of carbonyl (C=O) groups is 1. The van der Waals surface area contributed by atoms with Crippen molar-refractivity contribution in [2.45, 2.75) is 32.9 Å². The maximum absolute atomic E-state index is 11.6. The van der Waals surface area contributed by atoms with Crippen LogP contribution in [0.1, 0.15) is 36.4 Å². The molecular weight excluding hydrogens is 294 g/mol. The molecule has 1 atom stereocenters. The van der Waals surface area contributed by atoms with Crippen LogP contribution in [-0.2, 0) is 11.3 Å². The highest BCUT2D eigenvalue weighted by Crippen LogP contribution is 2.23. The lowest BCUT2D eigenvalue weighted by molar-refractivity contribution is 0.0526. The Morgan fingerprint density at radius 3 is 2.57 bits per heavy atom. The predicted octanol–water partition coefficient (Wildman–Crippen LogP) is 2.98. The average Bonchev–Trinajstić information content (AvgIpc) is 3.05. The summed E-state index contributed by atoms with van der Waals surface area (Å²) in [6.07, 6.45) is 0.861. The van der Waals surface area contributed by atoms with E-state index in [2.05, 4.69) is 5.32 Å². The molecule has 1 aromatic carbocycles. The first-order valence-corrected chi connectivity index (χ1v) is 7.88. The van der Waals surface area contributed by atoms with Gasteiger partial charge in [-0.15, -0.1) is 0 Å². The molecule has 23 heavy (non-hydrogen) atoms. The van der Waals surface area contributed by atoms with Crippen molar-refractivity contribution in [1.29, 1.82) is 0 Å². The molecule has 0 saturated carbocycles. The van der Waals surface area contributed by atoms with E-state index >= 15 is 0 Å². The minimum atomic E-state index is -0.321. The highest BCUT2D eigenvalue weighted by atomic mass is 16.5. The quantitative estimate of drug-likeness (QED) is 0.732. The van der Waals surface area contributed by atoms with Crippen LogP contribution in [0.5, 0.6) is 0 Å². The van der Waals surface area contributed by atoms with Crippen LogP contribution in [0.2, 0.25) is 0 Å². The molecule has 1 aromatic heterocycles. The Bertz CT molecular complexity index is 614. The van der Waals surface area contributed by atoms with Crippen molar-refractivity contribution in [3.05, 3.63) is 47.7 Å². The highest BCUT2D eigenvalue weighted by molar-refractivity contribution is 5.89. The topological polar surface area (TPSA) is 71.7 Å². The van der Waals surface area contributed by atoms with E-state index in [-0.39, 0.29) is 18.6 Å². The first kappa shape index (κ1) is 17.2. The Balaban J connectivity index is 2.01. The van der Waals surface area contributed by atoms with Gasteiger partial charge >= 0.3 is 5.97 Å². The van der Waals surface area contributed by atoms with Crippen LogP contribution in [0.25, 0.3) is 11.3 Å². The third-order valence-corrected chi connectivity index (χ3v) is 3.62. The van der Waals surface area contributed by atoms with Gasteiger partial charge < -0.3 is 19.6 Å². The van der Waals surface area contributed by atoms with Crippen LogP contribution in [0.4, 0.5) is 0 Å². The standard InChI is InChI=1S/C18H23NO4/c1-3-15(12-20)19-11-16-9-10-17(23-16)13-5-7-14(8-6-13)18(21)22-4-2/h5-10,15,19-20H,3-4,11-12H2,1-2H3/t15-/m1/s1. The Labute approximate surface area is 136 Å². The molecule has 2 rings (SSSR count). The molecule has 0 amide bonds. The molecule has 0 saturated heterocycles. The number of esters is 1. The molecule has 0 aliphatic heterocycles. The van der Waals surface area contributed by atoms with E-state index in [9.17, 15) is 4.79 Å². The first-order chi connectivity index (χ1) is 11.2. The molecular formula is C18H23NO4. The van der Waals surface area contributed by atoms with Crippen LogP contribution in [-0.4, -0.2) is 30.3 Å².